The van der Waals surface area contributed by atoms with Crippen LogP contribution in [0.25, 0.3) is 0 Å². The Balaban J connectivity index is 2.91. The van der Waals surface area contributed by atoms with E-state index in [1.807, 2.05) is 31.2 Å². The zero-order valence-corrected chi connectivity index (χ0v) is 17.3. The summed E-state index contributed by atoms with van der Waals surface area (Å²) in [6.45, 7) is 15.4. The third-order valence-electron chi connectivity index (χ3n) is 4.98. The molecule has 0 bridgehead atoms. The Bertz CT molecular complexity index is 508. The van der Waals surface area contributed by atoms with Gasteiger partial charge < -0.3 is 14.8 Å². The molecule has 0 spiro atoms. The van der Waals surface area contributed by atoms with Crippen LogP contribution in [0, 0.1) is 0 Å². The van der Waals surface area contributed by atoms with Gasteiger partial charge in [-0.2, -0.15) is 0 Å². The molecular weight excluding hydrogens is 314 g/mol. The van der Waals surface area contributed by atoms with Crippen molar-refractivity contribution in [1.82, 2.24) is 5.32 Å². The van der Waals surface area contributed by atoms with E-state index in [1.54, 1.807) is 0 Å². The average Bonchev–Trinajstić information content (AvgIpc) is 2.51. The molecule has 136 valence electrons. The molecule has 0 unspecified atom stereocenters. The van der Waals surface area contributed by atoms with Crippen molar-refractivity contribution in [3.8, 4) is 0 Å². The zero-order valence-electron chi connectivity index (χ0n) is 16.3. The highest BCUT2D eigenvalue weighted by atomic mass is 28.4. The first-order chi connectivity index (χ1) is 11.1. The molecule has 3 atom stereocenters. The smallest absolute Gasteiger partial charge is 0.192 e. The molecule has 3 nitrogen and oxygen atoms in total. The van der Waals surface area contributed by atoms with Gasteiger partial charge in [0.1, 0.15) is 0 Å². The summed E-state index contributed by atoms with van der Waals surface area (Å²) in [7, 11) is -1.92. The molecule has 0 amide bonds. The highest BCUT2D eigenvalue weighted by Gasteiger charge is 2.40. The van der Waals surface area contributed by atoms with Gasteiger partial charge in [-0.15, -0.1) is 0 Å². The lowest BCUT2D eigenvalue weighted by Crippen LogP contribution is -2.51. The average molecular weight is 350 g/mol. The second-order valence-corrected chi connectivity index (χ2v) is 12.7. The second-order valence-electron chi connectivity index (χ2n) is 7.96. The summed E-state index contributed by atoms with van der Waals surface area (Å²) in [5.74, 6) is 0. The van der Waals surface area contributed by atoms with Crippen molar-refractivity contribution in [3.63, 3.8) is 0 Å². The normalized spacial score (nSPS) is 17.0. The van der Waals surface area contributed by atoms with Crippen molar-refractivity contribution in [2.75, 3.05) is 6.61 Å². The van der Waals surface area contributed by atoms with Gasteiger partial charge in [0.2, 0.25) is 0 Å². The number of benzene rings is 1. The SMILES string of the molecule is C/C=C/[C@@H](O[Si](C)(C)C(C)(C)C)[C@H](CO)N[C@H](C)c1ccccc1. The predicted octanol–water partition coefficient (Wildman–Crippen LogP) is 4.66. The lowest BCUT2D eigenvalue weighted by molar-refractivity contribution is 0.122. The van der Waals surface area contributed by atoms with Crippen molar-refractivity contribution in [2.45, 2.75) is 70.9 Å². The van der Waals surface area contributed by atoms with E-state index in [0.717, 1.165) is 0 Å². The Labute approximate surface area is 149 Å². The molecule has 1 aromatic rings. The van der Waals surface area contributed by atoms with E-state index >= 15 is 0 Å². The topological polar surface area (TPSA) is 41.5 Å². The molecule has 0 aromatic heterocycles. The summed E-state index contributed by atoms with van der Waals surface area (Å²) in [5.41, 5.74) is 1.21. The van der Waals surface area contributed by atoms with Gasteiger partial charge in [-0.05, 0) is 37.5 Å². The van der Waals surface area contributed by atoms with Crippen LogP contribution in [0.5, 0.6) is 0 Å². The van der Waals surface area contributed by atoms with Crippen LogP contribution in [-0.4, -0.2) is 32.2 Å². The monoisotopic (exact) mass is 349 g/mol. The third-order valence-corrected chi connectivity index (χ3v) is 9.45. The molecule has 0 heterocycles. The quantitative estimate of drug-likeness (QED) is 0.529. The Morgan fingerprint density at radius 2 is 1.79 bits per heavy atom. The van der Waals surface area contributed by atoms with E-state index in [1.165, 1.54) is 5.56 Å². The van der Waals surface area contributed by atoms with Crippen molar-refractivity contribution in [3.05, 3.63) is 48.0 Å². The van der Waals surface area contributed by atoms with E-state index in [4.69, 9.17) is 4.43 Å². The molecule has 0 aliphatic heterocycles. The first kappa shape index (κ1) is 21.1. The van der Waals surface area contributed by atoms with Gasteiger partial charge in [-0.3, -0.25) is 0 Å². The number of hydrogen-bond acceptors (Lipinski definition) is 3. The third kappa shape index (κ3) is 5.85. The first-order valence-electron chi connectivity index (χ1n) is 8.85. The highest BCUT2D eigenvalue weighted by Crippen LogP contribution is 2.37. The second kappa shape index (κ2) is 8.95. The largest absolute Gasteiger partial charge is 0.409 e. The Hall–Kier alpha value is -0.943. The lowest BCUT2D eigenvalue weighted by Gasteiger charge is -2.41. The molecule has 1 rings (SSSR count). The Morgan fingerprint density at radius 3 is 2.25 bits per heavy atom. The number of hydrogen-bond donors (Lipinski definition) is 2. The number of nitrogens with one attached hydrogen (secondary N) is 1. The van der Waals surface area contributed by atoms with E-state index in [2.05, 4.69) is 64.3 Å². The van der Waals surface area contributed by atoms with Crippen LogP contribution in [0.2, 0.25) is 18.1 Å². The summed E-state index contributed by atoms with van der Waals surface area (Å²) in [6.07, 6.45) is 3.94. The maximum absolute atomic E-state index is 9.96. The molecule has 0 aliphatic carbocycles. The minimum absolute atomic E-state index is 0.0425. The maximum atomic E-state index is 9.96. The van der Waals surface area contributed by atoms with Crippen molar-refractivity contribution >= 4 is 8.32 Å². The Morgan fingerprint density at radius 1 is 1.21 bits per heavy atom. The van der Waals surface area contributed by atoms with Gasteiger partial charge in [0.05, 0.1) is 18.8 Å². The Kier molecular flexibility index (Phi) is 7.87. The zero-order chi connectivity index (χ0) is 18.4. The van der Waals surface area contributed by atoms with E-state index in [9.17, 15) is 5.11 Å². The van der Waals surface area contributed by atoms with Gasteiger partial charge in [-0.1, -0.05) is 63.3 Å². The highest BCUT2D eigenvalue weighted by molar-refractivity contribution is 6.74. The molecule has 0 saturated carbocycles. The maximum Gasteiger partial charge on any atom is 0.192 e. The fourth-order valence-corrected chi connectivity index (χ4v) is 3.65. The molecule has 0 saturated heterocycles. The molecule has 0 fully saturated rings. The molecule has 1 aromatic carbocycles. The number of rotatable bonds is 8. The summed E-state index contributed by atoms with van der Waals surface area (Å²) in [5, 5.41) is 13.6. The first-order valence-corrected chi connectivity index (χ1v) is 11.8. The van der Waals surface area contributed by atoms with Crippen LogP contribution in [-0.2, 0) is 4.43 Å². The molecule has 2 N–H and O–H groups in total. The molecular formula is C20H35NO2Si. The van der Waals surface area contributed by atoms with Crippen LogP contribution in [0.4, 0.5) is 0 Å². The van der Waals surface area contributed by atoms with E-state index < -0.39 is 8.32 Å². The minimum Gasteiger partial charge on any atom is -0.409 e. The summed E-state index contributed by atoms with van der Waals surface area (Å²) in [4.78, 5) is 0. The number of allylic oxidation sites excluding steroid dienone is 1. The van der Waals surface area contributed by atoms with Gasteiger partial charge in [0.15, 0.2) is 8.32 Å². The van der Waals surface area contributed by atoms with Crippen molar-refractivity contribution in [2.24, 2.45) is 0 Å². The fraction of sp³-hybridized carbons (Fsp3) is 0.600. The summed E-state index contributed by atoms with van der Waals surface area (Å²) >= 11 is 0. The van der Waals surface area contributed by atoms with Crippen LogP contribution in [0.1, 0.15) is 46.2 Å². The summed E-state index contributed by atoms with van der Waals surface area (Å²) < 4.78 is 6.56. The number of aliphatic hydroxyl groups excluding tert-OH is 1. The standard InChI is InChI=1S/C20H35NO2Si/c1-8-12-19(23-24(6,7)20(3,4)5)18(15-22)21-16(2)17-13-10-9-11-14-17/h8-14,16,18-19,21-22H,15H2,1-7H3/b12-8+/t16-,18+,19-/m1/s1. The molecule has 0 aliphatic rings. The minimum atomic E-state index is -1.92. The van der Waals surface area contributed by atoms with E-state index in [0.29, 0.717) is 0 Å². The van der Waals surface area contributed by atoms with Crippen LogP contribution in [0.15, 0.2) is 42.5 Å². The predicted molar refractivity (Wildman–Crippen MR) is 106 cm³/mol. The fourth-order valence-electron chi connectivity index (χ4n) is 2.37. The summed E-state index contributed by atoms with van der Waals surface area (Å²) in [6, 6.07) is 10.3. The van der Waals surface area contributed by atoms with Crippen LogP contribution >= 0.6 is 0 Å². The van der Waals surface area contributed by atoms with Crippen molar-refractivity contribution in [1.29, 1.82) is 0 Å². The van der Waals surface area contributed by atoms with Crippen molar-refractivity contribution < 1.29 is 9.53 Å². The van der Waals surface area contributed by atoms with Gasteiger partial charge in [0, 0.05) is 6.04 Å². The molecule has 4 heteroatoms. The lowest BCUT2D eigenvalue weighted by atomic mass is 10.1. The van der Waals surface area contributed by atoms with Crippen LogP contribution in [0.3, 0.4) is 0 Å². The number of aliphatic hydroxyl groups is 1. The van der Waals surface area contributed by atoms with Gasteiger partial charge in [0.25, 0.3) is 0 Å². The van der Waals surface area contributed by atoms with Crippen LogP contribution < -0.4 is 5.32 Å². The van der Waals surface area contributed by atoms with E-state index in [-0.39, 0.29) is 29.8 Å². The van der Waals surface area contributed by atoms with Gasteiger partial charge in [-0.25, -0.2) is 0 Å². The molecule has 24 heavy (non-hydrogen) atoms. The molecule has 0 radical (unpaired) electrons. The van der Waals surface area contributed by atoms with Gasteiger partial charge >= 0.3 is 0 Å².